The molecule has 11 heteroatoms. The lowest BCUT2D eigenvalue weighted by atomic mass is 9.97. The van der Waals surface area contributed by atoms with Crippen LogP contribution < -0.4 is 15.5 Å². The number of amides is 1. The van der Waals surface area contributed by atoms with Gasteiger partial charge in [-0.15, -0.1) is 0 Å². The first kappa shape index (κ1) is 29.0. The van der Waals surface area contributed by atoms with E-state index in [4.69, 9.17) is 4.98 Å². The highest BCUT2D eigenvalue weighted by molar-refractivity contribution is 7.89. The van der Waals surface area contributed by atoms with Crippen LogP contribution in [0.2, 0.25) is 0 Å². The predicted octanol–water partition coefficient (Wildman–Crippen LogP) is 5.36. The molecule has 2 aromatic carbocycles. The first-order valence-corrected chi connectivity index (χ1v) is 15.6. The van der Waals surface area contributed by atoms with Gasteiger partial charge in [0, 0.05) is 31.1 Å². The van der Waals surface area contributed by atoms with E-state index in [1.807, 2.05) is 46.8 Å². The molecule has 1 amide bonds. The number of aromatic nitrogens is 4. The van der Waals surface area contributed by atoms with Gasteiger partial charge in [-0.1, -0.05) is 51.0 Å². The van der Waals surface area contributed by atoms with Gasteiger partial charge in [-0.25, -0.2) is 18.4 Å². The Balaban J connectivity index is 1.53. The molecule has 0 bridgehead atoms. The van der Waals surface area contributed by atoms with Crippen LogP contribution in [0.4, 0.5) is 23.4 Å². The molecule has 0 aliphatic rings. The summed E-state index contributed by atoms with van der Waals surface area (Å²) < 4.78 is 25.1. The molecule has 0 aliphatic carbocycles. The number of sulfone groups is 1. The van der Waals surface area contributed by atoms with E-state index in [2.05, 4.69) is 34.4 Å². The van der Waals surface area contributed by atoms with Crippen molar-refractivity contribution in [3.8, 4) is 0 Å². The molecule has 0 saturated carbocycles. The quantitative estimate of drug-likeness (QED) is 0.223. The lowest BCUT2D eigenvalue weighted by Gasteiger charge is -2.22. The summed E-state index contributed by atoms with van der Waals surface area (Å²) in [5.41, 5.74) is 3.18. The number of hydrogen-bond acceptors (Lipinski definition) is 8. The lowest BCUT2D eigenvalue weighted by Crippen LogP contribution is -2.27. The fraction of sp³-hybridized carbons (Fsp3) is 0.379. The van der Waals surface area contributed by atoms with Crippen LogP contribution >= 0.6 is 0 Å². The highest BCUT2D eigenvalue weighted by Gasteiger charge is 2.21. The molecule has 0 aliphatic heterocycles. The summed E-state index contributed by atoms with van der Waals surface area (Å²) in [6.07, 6.45) is 6.48. The van der Waals surface area contributed by atoms with Gasteiger partial charge in [-0.2, -0.15) is 4.98 Å². The van der Waals surface area contributed by atoms with Gasteiger partial charge in [-0.05, 0) is 48.7 Å². The van der Waals surface area contributed by atoms with Gasteiger partial charge in [0.15, 0.2) is 9.84 Å². The molecule has 10 nitrogen and oxygen atoms in total. The molecule has 0 saturated heterocycles. The average molecular weight is 564 g/mol. The fourth-order valence-corrected chi connectivity index (χ4v) is 5.45. The van der Waals surface area contributed by atoms with Crippen LogP contribution in [0.5, 0.6) is 0 Å². The summed E-state index contributed by atoms with van der Waals surface area (Å²) >= 11 is 0. The van der Waals surface area contributed by atoms with Gasteiger partial charge in [0.05, 0.1) is 23.5 Å². The molecular formula is C29H37N7O3S. The van der Waals surface area contributed by atoms with E-state index in [0.29, 0.717) is 29.9 Å². The Morgan fingerprint density at radius 1 is 1.00 bits per heavy atom. The van der Waals surface area contributed by atoms with E-state index in [-0.39, 0.29) is 17.6 Å². The number of imidazole rings is 1. The second-order valence-electron chi connectivity index (χ2n) is 10.1. The Kier molecular flexibility index (Phi) is 9.36. The topological polar surface area (TPSA) is 122 Å². The standard InChI is InChI=1S/C29H37N7O3S/c1-5-9-22(10-6-2)27(37)34-29-32-24-11-7-8-12-25(24)36(29)20-35(3)26-17-18-30-28(33-26)31-23-15-13-21(14-16-23)19-40(4,38)39/h7-8,11-18,22H,5-6,9-10,19-20H2,1-4H3,(H,30,31,33)(H,32,34,37). The molecule has 2 aromatic heterocycles. The highest BCUT2D eigenvalue weighted by Crippen LogP contribution is 2.24. The Labute approximate surface area is 235 Å². The SMILES string of the molecule is CCCC(CCC)C(=O)Nc1nc2ccccc2n1CN(C)c1ccnc(Nc2ccc(CS(C)(=O)=O)cc2)n1. The van der Waals surface area contributed by atoms with Crippen LogP contribution in [0.15, 0.2) is 60.8 Å². The van der Waals surface area contributed by atoms with Gasteiger partial charge < -0.3 is 10.2 Å². The van der Waals surface area contributed by atoms with Crippen molar-refractivity contribution in [2.24, 2.45) is 5.92 Å². The zero-order valence-corrected chi connectivity index (χ0v) is 24.3. The van der Waals surface area contributed by atoms with E-state index in [1.54, 1.807) is 30.5 Å². The van der Waals surface area contributed by atoms with Crippen LogP contribution in [-0.4, -0.2) is 47.1 Å². The first-order chi connectivity index (χ1) is 19.2. The molecule has 40 heavy (non-hydrogen) atoms. The van der Waals surface area contributed by atoms with E-state index in [0.717, 1.165) is 42.4 Å². The summed E-state index contributed by atoms with van der Waals surface area (Å²) in [5.74, 6) is 1.54. The molecule has 4 rings (SSSR count). The van der Waals surface area contributed by atoms with Crippen LogP contribution in [-0.2, 0) is 27.1 Å². The third-order valence-corrected chi connectivity index (χ3v) is 7.42. The number of rotatable bonds is 13. The van der Waals surface area contributed by atoms with Crippen LogP contribution in [0.3, 0.4) is 0 Å². The van der Waals surface area contributed by atoms with Gasteiger partial charge in [0.1, 0.15) is 5.82 Å². The summed E-state index contributed by atoms with van der Waals surface area (Å²) in [6.45, 7) is 4.59. The molecule has 0 spiro atoms. The molecule has 0 fully saturated rings. The Hall–Kier alpha value is -3.99. The maximum atomic E-state index is 13.1. The van der Waals surface area contributed by atoms with Crippen molar-refractivity contribution in [1.29, 1.82) is 0 Å². The predicted molar refractivity (Wildman–Crippen MR) is 160 cm³/mol. The molecule has 4 aromatic rings. The summed E-state index contributed by atoms with van der Waals surface area (Å²) in [4.78, 5) is 28.8. The molecule has 212 valence electrons. The number of nitrogens with zero attached hydrogens (tertiary/aromatic N) is 5. The number of carbonyl (C=O) groups is 1. The number of nitrogens with one attached hydrogen (secondary N) is 2. The fourth-order valence-electron chi connectivity index (χ4n) is 4.65. The first-order valence-electron chi connectivity index (χ1n) is 13.5. The monoisotopic (exact) mass is 563 g/mol. The number of hydrogen-bond donors (Lipinski definition) is 2. The summed E-state index contributed by atoms with van der Waals surface area (Å²) in [7, 11) is -1.18. The second-order valence-corrected chi connectivity index (χ2v) is 12.2. The maximum Gasteiger partial charge on any atom is 0.229 e. The average Bonchev–Trinajstić information content (AvgIpc) is 3.25. The third-order valence-electron chi connectivity index (χ3n) is 6.56. The van der Waals surface area contributed by atoms with Crippen molar-refractivity contribution in [3.05, 3.63) is 66.4 Å². The van der Waals surface area contributed by atoms with Gasteiger partial charge in [-0.3, -0.25) is 14.7 Å². The minimum Gasteiger partial charge on any atom is -0.341 e. The maximum absolute atomic E-state index is 13.1. The Bertz CT molecular complexity index is 1550. The summed E-state index contributed by atoms with van der Waals surface area (Å²) in [6, 6.07) is 16.8. The number of fused-ring (bicyclic) bond motifs is 1. The van der Waals surface area contributed by atoms with Crippen molar-refractivity contribution in [2.75, 3.05) is 28.8 Å². The minimum absolute atomic E-state index is 0.000939. The number of benzene rings is 2. The Morgan fingerprint density at radius 2 is 1.70 bits per heavy atom. The zero-order valence-electron chi connectivity index (χ0n) is 23.5. The normalized spacial score (nSPS) is 11.6. The molecule has 0 atom stereocenters. The van der Waals surface area contributed by atoms with E-state index >= 15 is 0 Å². The van der Waals surface area contributed by atoms with Crippen LogP contribution in [0.25, 0.3) is 11.0 Å². The lowest BCUT2D eigenvalue weighted by molar-refractivity contribution is -0.120. The minimum atomic E-state index is -3.10. The third kappa shape index (κ3) is 7.56. The number of carbonyl (C=O) groups excluding carboxylic acids is 1. The van der Waals surface area contributed by atoms with Crippen LogP contribution in [0, 0.1) is 5.92 Å². The van der Waals surface area contributed by atoms with Gasteiger partial charge in [0.25, 0.3) is 0 Å². The summed E-state index contributed by atoms with van der Waals surface area (Å²) in [5, 5.41) is 6.27. The van der Waals surface area contributed by atoms with Gasteiger partial charge in [0.2, 0.25) is 17.8 Å². The van der Waals surface area contributed by atoms with Crippen molar-refractivity contribution >= 4 is 50.2 Å². The van der Waals surface area contributed by atoms with Gasteiger partial charge >= 0.3 is 0 Å². The van der Waals surface area contributed by atoms with Crippen molar-refractivity contribution in [1.82, 2.24) is 19.5 Å². The van der Waals surface area contributed by atoms with E-state index in [9.17, 15) is 13.2 Å². The van der Waals surface area contributed by atoms with Crippen molar-refractivity contribution < 1.29 is 13.2 Å². The number of para-hydroxylation sites is 2. The molecule has 0 radical (unpaired) electrons. The molecule has 0 unspecified atom stereocenters. The zero-order chi connectivity index (χ0) is 28.7. The molecular weight excluding hydrogens is 526 g/mol. The molecule has 2 N–H and O–H groups in total. The van der Waals surface area contributed by atoms with Crippen molar-refractivity contribution in [3.63, 3.8) is 0 Å². The second kappa shape index (κ2) is 12.9. The smallest absolute Gasteiger partial charge is 0.229 e. The van der Waals surface area contributed by atoms with Crippen molar-refractivity contribution in [2.45, 2.75) is 52.0 Å². The Morgan fingerprint density at radius 3 is 2.38 bits per heavy atom. The highest BCUT2D eigenvalue weighted by atomic mass is 32.2. The number of anilines is 4. The molecule has 2 heterocycles. The van der Waals surface area contributed by atoms with E-state index < -0.39 is 9.84 Å². The largest absolute Gasteiger partial charge is 0.341 e. The van der Waals surface area contributed by atoms with E-state index in [1.165, 1.54) is 6.26 Å². The van der Waals surface area contributed by atoms with Crippen LogP contribution in [0.1, 0.15) is 45.1 Å².